The van der Waals surface area contributed by atoms with Gasteiger partial charge in [-0.25, -0.2) is 0 Å². The van der Waals surface area contributed by atoms with E-state index < -0.39 is 28.6 Å². The first-order valence-electron chi connectivity index (χ1n) is 8.05. The van der Waals surface area contributed by atoms with Crippen molar-refractivity contribution in [3.63, 3.8) is 0 Å². The molecule has 1 aromatic rings. The maximum atomic E-state index is 13.3. The van der Waals surface area contributed by atoms with E-state index >= 15 is 0 Å². The van der Waals surface area contributed by atoms with E-state index in [1.165, 1.54) is 13.2 Å². The Hall–Kier alpha value is -2.76. The SMILES string of the molecule is COc1c(O)c2c3c(c1O)C(=O)C1C(=C3C=CC2=O)OC(C)C1(C)C. The quantitative estimate of drug-likeness (QED) is 0.815. The number of carbonyl (C=O) groups is 2. The minimum Gasteiger partial charge on any atom is -0.504 e. The van der Waals surface area contributed by atoms with Gasteiger partial charge in [0.05, 0.1) is 24.2 Å². The number of carbonyl (C=O) groups excluding carboxylic acids is 2. The zero-order valence-electron chi connectivity index (χ0n) is 14.3. The first-order valence-corrected chi connectivity index (χ1v) is 8.05. The Morgan fingerprint density at radius 1 is 1.08 bits per heavy atom. The number of fused-ring (bicyclic) bond motifs is 1. The molecule has 2 aliphatic carbocycles. The summed E-state index contributed by atoms with van der Waals surface area (Å²) in [5.41, 5.74) is 0.271. The molecule has 0 saturated carbocycles. The van der Waals surface area contributed by atoms with Crippen LogP contribution in [0.5, 0.6) is 17.2 Å². The van der Waals surface area contributed by atoms with Crippen LogP contribution in [0.3, 0.4) is 0 Å². The number of phenolic OH excluding ortho intramolecular Hbond substituents is 2. The lowest BCUT2D eigenvalue weighted by atomic mass is 9.67. The first kappa shape index (κ1) is 15.7. The predicted octanol–water partition coefficient (Wildman–Crippen LogP) is 2.83. The number of hydrogen-bond donors (Lipinski definition) is 2. The molecule has 130 valence electrons. The van der Waals surface area contributed by atoms with E-state index in [-0.39, 0.29) is 34.3 Å². The number of aromatic hydroxyl groups is 2. The third kappa shape index (κ3) is 1.69. The van der Waals surface area contributed by atoms with Gasteiger partial charge in [-0.15, -0.1) is 0 Å². The Kier molecular flexibility index (Phi) is 2.93. The highest BCUT2D eigenvalue weighted by Crippen LogP contribution is 2.58. The van der Waals surface area contributed by atoms with Gasteiger partial charge >= 0.3 is 0 Å². The molecule has 1 aliphatic heterocycles. The molecule has 1 heterocycles. The average molecular weight is 342 g/mol. The maximum Gasteiger partial charge on any atom is 0.204 e. The number of rotatable bonds is 1. The van der Waals surface area contributed by atoms with E-state index in [4.69, 9.17) is 9.47 Å². The third-order valence-corrected chi connectivity index (χ3v) is 5.66. The van der Waals surface area contributed by atoms with Gasteiger partial charge in [-0.2, -0.15) is 0 Å². The molecule has 6 nitrogen and oxygen atoms in total. The maximum absolute atomic E-state index is 13.3. The number of methoxy groups -OCH3 is 1. The molecular weight excluding hydrogens is 324 g/mol. The van der Waals surface area contributed by atoms with Crippen LogP contribution in [0.4, 0.5) is 0 Å². The minimum absolute atomic E-state index is 0.0110. The van der Waals surface area contributed by atoms with Crippen LogP contribution in [0.15, 0.2) is 17.9 Å². The topological polar surface area (TPSA) is 93.1 Å². The number of ether oxygens (including phenoxy) is 2. The summed E-state index contributed by atoms with van der Waals surface area (Å²) < 4.78 is 11.0. The Morgan fingerprint density at radius 3 is 2.36 bits per heavy atom. The standard InChI is InChI=1S/C19H18O6/c1-7-19(2,3)13-14(21)12-10-8(17(13)25-7)5-6-9(20)11(10)15(22)18(24-4)16(12)23/h5-7,13,22-23H,1-4H3. The lowest BCUT2D eigenvalue weighted by Gasteiger charge is -2.32. The molecule has 4 rings (SSSR count). The summed E-state index contributed by atoms with van der Waals surface area (Å²) in [5, 5.41) is 21.0. The fourth-order valence-corrected chi connectivity index (χ4v) is 3.98. The molecule has 2 N–H and O–H groups in total. The van der Waals surface area contributed by atoms with Crippen molar-refractivity contribution in [1.29, 1.82) is 0 Å². The molecule has 1 fully saturated rings. The van der Waals surface area contributed by atoms with E-state index in [9.17, 15) is 19.8 Å². The summed E-state index contributed by atoms with van der Waals surface area (Å²) in [6.45, 7) is 5.76. The van der Waals surface area contributed by atoms with Crippen molar-refractivity contribution in [3.8, 4) is 17.2 Å². The zero-order chi connectivity index (χ0) is 18.3. The molecule has 0 radical (unpaired) electrons. The van der Waals surface area contributed by atoms with Crippen molar-refractivity contribution >= 4 is 17.1 Å². The molecular formula is C19H18O6. The molecule has 25 heavy (non-hydrogen) atoms. The summed E-state index contributed by atoms with van der Waals surface area (Å²) in [7, 11) is 1.26. The molecule has 1 aromatic carbocycles. The molecule has 2 atom stereocenters. The van der Waals surface area contributed by atoms with Crippen LogP contribution in [0, 0.1) is 11.3 Å². The number of hydrogen-bond acceptors (Lipinski definition) is 6. The van der Waals surface area contributed by atoms with Crippen molar-refractivity contribution in [2.45, 2.75) is 26.9 Å². The molecule has 0 amide bonds. The normalized spacial score (nSPS) is 25.6. The van der Waals surface area contributed by atoms with Gasteiger partial charge in [0.15, 0.2) is 23.1 Å². The Balaban J connectivity index is 2.16. The van der Waals surface area contributed by atoms with E-state index in [0.717, 1.165) is 0 Å². The van der Waals surface area contributed by atoms with Gasteiger partial charge in [-0.1, -0.05) is 13.8 Å². The molecule has 3 aliphatic rings. The van der Waals surface area contributed by atoms with Crippen LogP contribution in [0.2, 0.25) is 0 Å². The van der Waals surface area contributed by atoms with E-state index in [1.54, 1.807) is 6.08 Å². The Labute approximate surface area is 144 Å². The number of phenols is 2. The Morgan fingerprint density at radius 2 is 1.72 bits per heavy atom. The van der Waals surface area contributed by atoms with Gasteiger partial charge in [0.25, 0.3) is 0 Å². The number of Topliss-reactive ketones (excluding diaryl/α,β-unsaturated/α-hetero) is 1. The van der Waals surface area contributed by atoms with Crippen LogP contribution in [0.1, 0.15) is 47.1 Å². The summed E-state index contributed by atoms with van der Waals surface area (Å²) >= 11 is 0. The van der Waals surface area contributed by atoms with Crippen molar-refractivity contribution in [2.24, 2.45) is 11.3 Å². The van der Waals surface area contributed by atoms with Crippen LogP contribution in [-0.4, -0.2) is 35.0 Å². The summed E-state index contributed by atoms with van der Waals surface area (Å²) in [6.07, 6.45) is 2.70. The summed E-state index contributed by atoms with van der Waals surface area (Å²) in [4.78, 5) is 25.6. The fourth-order valence-electron chi connectivity index (χ4n) is 3.98. The number of allylic oxidation sites excluding steroid dienone is 4. The molecule has 2 unspecified atom stereocenters. The molecule has 0 spiro atoms. The smallest absolute Gasteiger partial charge is 0.204 e. The van der Waals surface area contributed by atoms with Gasteiger partial charge in [0.2, 0.25) is 5.75 Å². The molecule has 0 bridgehead atoms. The van der Waals surface area contributed by atoms with Crippen LogP contribution in [-0.2, 0) is 4.74 Å². The van der Waals surface area contributed by atoms with Crippen molar-refractivity contribution < 1.29 is 29.3 Å². The number of ketones is 2. The molecule has 0 aromatic heterocycles. The van der Waals surface area contributed by atoms with E-state index in [2.05, 4.69) is 0 Å². The van der Waals surface area contributed by atoms with Crippen LogP contribution in [0.25, 0.3) is 5.57 Å². The predicted molar refractivity (Wildman–Crippen MR) is 88.9 cm³/mol. The Bertz CT molecular complexity index is 919. The first-order chi connectivity index (χ1) is 11.7. The van der Waals surface area contributed by atoms with Gasteiger partial charge in [-0.3, -0.25) is 9.59 Å². The van der Waals surface area contributed by atoms with Crippen molar-refractivity contribution in [3.05, 3.63) is 34.6 Å². The van der Waals surface area contributed by atoms with Crippen molar-refractivity contribution in [1.82, 2.24) is 0 Å². The summed E-state index contributed by atoms with van der Waals surface area (Å²) in [5.74, 6) is -2.05. The van der Waals surface area contributed by atoms with E-state index in [1.807, 2.05) is 20.8 Å². The third-order valence-electron chi connectivity index (χ3n) is 5.66. The minimum atomic E-state index is -0.573. The largest absolute Gasteiger partial charge is 0.504 e. The average Bonchev–Trinajstić information content (AvgIpc) is 2.77. The second-order valence-corrected chi connectivity index (χ2v) is 7.21. The lowest BCUT2D eigenvalue weighted by Crippen LogP contribution is -2.35. The highest BCUT2D eigenvalue weighted by molar-refractivity contribution is 6.22. The second kappa shape index (κ2) is 4.65. The zero-order valence-corrected chi connectivity index (χ0v) is 14.3. The summed E-state index contributed by atoms with van der Waals surface area (Å²) in [6, 6.07) is 0. The monoisotopic (exact) mass is 342 g/mol. The van der Waals surface area contributed by atoms with Crippen LogP contribution >= 0.6 is 0 Å². The molecule has 6 heteroatoms. The highest BCUT2D eigenvalue weighted by Gasteiger charge is 2.55. The van der Waals surface area contributed by atoms with Gasteiger partial charge in [0.1, 0.15) is 11.9 Å². The fraction of sp³-hybridized carbons (Fsp3) is 0.368. The van der Waals surface area contributed by atoms with Gasteiger partial charge in [-0.05, 0) is 19.1 Å². The van der Waals surface area contributed by atoms with Gasteiger partial charge in [0, 0.05) is 16.6 Å². The van der Waals surface area contributed by atoms with Gasteiger partial charge < -0.3 is 19.7 Å². The van der Waals surface area contributed by atoms with Crippen molar-refractivity contribution in [2.75, 3.05) is 7.11 Å². The highest BCUT2D eigenvalue weighted by atomic mass is 16.5. The number of benzene rings is 1. The van der Waals surface area contributed by atoms with Crippen LogP contribution < -0.4 is 4.74 Å². The second-order valence-electron chi connectivity index (χ2n) is 7.21. The van der Waals surface area contributed by atoms with E-state index in [0.29, 0.717) is 11.3 Å². The lowest BCUT2D eigenvalue weighted by molar-refractivity contribution is 0.0805. The molecule has 1 saturated heterocycles.